The van der Waals surface area contributed by atoms with Gasteiger partial charge in [-0.25, -0.2) is 4.98 Å². The van der Waals surface area contributed by atoms with E-state index in [0.717, 1.165) is 17.8 Å². The topological polar surface area (TPSA) is 17.3 Å². The summed E-state index contributed by atoms with van der Waals surface area (Å²) in [6, 6.07) is 12.8. The molecule has 2 aromatic heterocycles. The van der Waals surface area contributed by atoms with Crippen molar-refractivity contribution < 1.29 is 0 Å². The van der Waals surface area contributed by atoms with Gasteiger partial charge in [0.1, 0.15) is 5.65 Å². The van der Waals surface area contributed by atoms with Crippen LogP contribution in [0.25, 0.3) is 5.65 Å². The fourth-order valence-electron chi connectivity index (χ4n) is 2.16. The zero-order valence-electron chi connectivity index (χ0n) is 10.7. The second kappa shape index (κ2) is 4.30. The van der Waals surface area contributed by atoms with E-state index in [-0.39, 0.29) is 0 Å². The highest BCUT2D eigenvalue weighted by Crippen LogP contribution is 2.12. The van der Waals surface area contributed by atoms with Crippen LogP contribution in [0.3, 0.4) is 0 Å². The fraction of sp³-hybridized carbons (Fsp3) is 0.188. The minimum atomic E-state index is 0.890. The standard InChI is InChI=1S/C16H16N2/c1-12-3-6-14(7-4-12)9-15-11-18-10-13(2)5-8-16(18)17-15/h3-8,10-11H,9H2,1-2H3. The van der Waals surface area contributed by atoms with E-state index in [0.29, 0.717) is 0 Å². The number of fused-ring (bicyclic) bond motifs is 1. The van der Waals surface area contributed by atoms with Gasteiger partial charge in [-0.3, -0.25) is 0 Å². The van der Waals surface area contributed by atoms with Crippen molar-refractivity contribution in [2.75, 3.05) is 0 Å². The predicted molar refractivity (Wildman–Crippen MR) is 73.9 cm³/mol. The van der Waals surface area contributed by atoms with Gasteiger partial charge in [0.05, 0.1) is 5.69 Å². The summed E-state index contributed by atoms with van der Waals surface area (Å²) < 4.78 is 2.10. The van der Waals surface area contributed by atoms with Crippen LogP contribution in [0.1, 0.15) is 22.4 Å². The average molecular weight is 236 g/mol. The number of hydrogen-bond donors (Lipinski definition) is 0. The van der Waals surface area contributed by atoms with Crippen molar-refractivity contribution in [2.45, 2.75) is 20.3 Å². The van der Waals surface area contributed by atoms with E-state index in [9.17, 15) is 0 Å². The smallest absolute Gasteiger partial charge is 0.137 e. The van der Waals surface area contributed by atoms with Crippen molar-refractivity contribution in [2.24, 2.45) is 0 Å². The Bertz CT molecular complexity index is 678. The molecule has 0 aliphatic rings. The number of aryl methyl sites for hydroxylation is 2. The van der Waals surface area contributed by atoms with Crippen molar-refractivity contribution >= 4 is 5.65 Å². The third kappa shape index (κ3) is 2.14. The quantitative estimate of drug-likeness (QED) is 0.665. The minimum absolute atomic E-state index is 0.890. The zero-order chi connectivity index (χ0) is 12.5. The van der Waals surface area contributed by atoms with Crippen LogP contribution in [0, 0.1) is 13.8 Å². The zero-order valence-corrected chi connectivity index (χ0v) is 10.7. The summed E-state index contributed by atoms with van der Waals surface area (Å²) in [6.07, 6.45) is 5.12. The average Bonchev–Trinajstić information content (AvgIpc) is 2.73. The third-order valence-electron chi connectivity index (χ3n) is 3.15. The summed E-state index contributed by atoms with van der Waals surface area (Å²) in [7, 11) is 0. The van der Waals surface area contributed by atoms with Gasteiger partial charge >= 0.3 is 0 Å². The van der Waals surface area contributed by atoms with E-state index >= 15 is 0 Å². The fourth-order valence-corrected chi connectivity index (χ4v) is 2.16. The maximum Gasteiger partial charge on any atom is 0.137 e. The Hall–Kier alpha value is -2.09. The Morgan fingerprint density at radius 1 is 0.889 bits per heavy atom. The van der Waals surface area contributed by atoms with Crippen LogP contribution in [0.2, 0.25) is 0 Å². The molecule has 0 atom stereocenters. The highest BCUT2D eigenvalue weighted by atomic mass is 15.0. The number of rotatable bonds is 2. The number of pyridine rings is 1. The van der Waals surface area contributed by atoms with Gasteiger partial charge in [-0.05, 0) is 31.0 Å². The molecule has 2 heterocycles. The molecule has 3 aromatic rings. The van der Waals surface area contributed by atoms with Gasteiger partial charge in [-0.2, -0.15) is 0 Å². The van der Waals surface area contributed by atoms with Crippen molar-refractivity contribution in [1.82, 2.24) is 9.38 Å². The van der Waals surface area contributed by atoms with E-state index in [4.69, 9.17) is 0 Å². The lowest BCUT2D eigenvalue weighted by Gasteiger charge is -1.98. The van der Waals surface area contributed by atoms with E-state index in [1.54, 1.807) is 0 Å². The molecule has 0 aliphatic heterocycles. The van der Waals surface area contributed by atoms with Crippen molar-refractivity contribution in [1.29, 1.82) is 0 Å². The Morgan fingerprint density at radius 2 is 1.61 bits per heavy atom. The van der Waals surface area contributed by atoms with Crippen LogP contribution in [-0.4, -0.2) is 9.38 Å². The van der Waals surface area contributed by atoms with E-state index in [1.165, 1.54) is 16.7 Å². The van der Waals surface area contributed by atoms with Crippen molar-refractivity contribution in [3.05, 3.63) is 71.2 Å². The number of hydrogen-bond acceptors (Lipinski definition) is 1. The summed E-state index contributed by atoms with van der Waals surface area (Å²) in [6.45, 7) is 4.20. The third-order valence-corrected chi connectivity index (χ3v) is 3.15. The van der Waals surface area contributed by atoms with E-state index in [2.05, 4.69) is 72.0 Å². The second-order valence-corrected chi connectivity index (χ2v) is 4.87. The molecule has 0 saturated carbocycles. The first-order chi connectivity index (χ1) is 8.70. The molecule has 0 spiro atoms. The molecule has 0 unspecified atom stereocenters. The van der Waals surface area contributed by atoms with Gasteiger partial charge in [-0.15, -0.1) is 0 Å². The lowest BCUT2D eigenvalue weighted by atomic mass is 10.1. The van der Waals surface area contributed by atoms with Crippen LogP contribution in [0.4, 0.5) is 0 Å². The maximum absolute atomic E-state index is 4.63. The van der Waals surface area contributed by atoms with E-state index in [1.807, 2.05) is 0 Å². The molecule has 3 rings (SSSR count). The van der Waals surface area contributed by atoms with Crippen molar-refractivity contribution in [3.63, 3.8) is 0 Å². The maximum atomic E-state index is 4.63. The molecule has 0 bridgehead atoms. The molecule has 1 aromatic carbocycles. The Balaban J connectivity index is 1.92. The molecule has 0 amide bonds. The van der Waals surface area contributed by atoms with Gasteiger partial charge in [-0.1, -0.05) is 35.9 Å². The van der Waals surface area contributed by atoms with E-state index < -0.39 is 0 Å². The summed E-state index contributed by atoms with van der Waals surface area (Å²) in [4.78, 5) is 4.63. The minimum Gasteiger partial charge on any atom is -0.307 e. The Labute approximate surface area is 107 Å². The molecule has 0 saturated heterocycles. The van der Waals surface area contributed by atoms with Crippen LogP contribution < -0.4 is 0 Å². The molecular formula is C16H16N2. The second-order valence-electron chi connectivity index (χ2n) is 4.87. The molecule has 90 valence electrons. The monoisotopic (exact) mass is 236 g/mol. The molecule has 2 nitrogen and oxygen atoms in total. The first kappa shape index (κ1) is 11.0. The summed E-state index contributed by atoms with van der Waals surface area (Å²) >= 11 is 0. The number of aromatic nitrogens is 2. The normalized spacial score (nSPS) is 11.0. The highest BCUT2D eigenvalue weighted by Gasteiger charge is 2.02. The van der Waals surface area contributed by atoms with Gasteiger partial charge in [0, 0.05) is 18.8 Å². The molecule has 0 N–H and O–H groups in total. The molecular weight excluding hydrogens is 220 g/mol. The predicted octanol–water partition coefficient (Wildman–Crippen LogP) is 3.54. The number of imidazole rings is 1. The van der Waals surface area contributed by atoms with Crippen LogP contribution >= 0.6 is 0 Å². The molecule has 0 radical (unpaired) electrons. The van der Waals surface area contributed by atoms with Gasteiger partial charge in [0.2, 0.25) is 0 Å². The Morgan fingerprint density at radius 3 is 2.39 bits per heavy atom. The lowest BCUT2D eigenvalue weighted by molar-refractivity contribution is 1.11. The van der Waals surface area contributed by atoms with Crippen LogP contribution in [-0.2, 0) is 6.42 Å². The van der Waals surface area contributed by atoms with Crippen LogP contribution in [0.15, 0.2) is 48.8 Å². The number of nitrogens with zero attached hydrogens (tertiary/aromatic N) is 2. The summed E-state index contributed by atoms with van der Waals surface area (Å²) in [5.74, 6) is 0. The van der Waals surface area contributed by atoms with Gasteiger partial charge < -0.3 is 4.40 Å². The largest absolute Gasteiger partial charge is 0.307 e. The van der Waals surface area contributed by atoms with Crippen molar-refractivity contribution in [3.8, 4) is 0 Å². The SMILES string of the molecule is Cc1ccc(Cc2cn3cc(C)ccc3n2)cc1. The summed E-state index contributed by atoms with van der Waals surface area (Å²) in [5.41, 5.74) is 5.99. The van der Waals surface area contributed by atoms with Gasteiger partial charge in [0.25, 0.3) is 0 Å². The molecule has 0 aliphatic carbocycles. The number of benzene rings is 1. The molecule has 0 fully saturated rings. The highest BCUT2D eigenvalue weighted by molar-refractivity contribution is 5.42. The summed E-state index contributed by atoms with van der Waals surface area (Å²) in [5, 5.41) is 0. The first-order valence-corrected chi connectivity index (χ1v) is 6.20. The lowest BCUT2D eigenvalue weighted by Crippen LogP contribution is -1.87. The first-order valence-electron chi connectivity index (χ1n) is 6.20. The van der Waals surface area contributed by atoms with Gasteiger partial charge in [0.15, 0.2) is 0 Å². The molecule has 18 heavy (non-hydrogen) atoms. The van der Waals surface area contributed by atoms with Crippen LogP contribution in [0.5, 0.6) is 0 Å². The molecule has 2 heteroatoms. The Kier molecular flexibility index (Phi) is 2.63.